The maximum absolute atomic E-state index is 13.4. The van der Waals surface area contributed by atoms with Crippen LogP contribution < -0.4 is 10.2 Å². The van der Waals surface area contributed by atoms with Gasteiger partial charge in [-0.2, -0.15) is 0 Å². The molecule has 1 atom stereocenters. The van der Waals surface area contributed by atoms with Crippen LogP contribution in [0.3, 0.4) is 0 Å². The van der Waals surface area contributed by atoms with E-state index in [-0.39, 0.29) is 27.8 Å². The van der Waals surface area contributed by atoms with E-state index in [1.807, 2.05) is 31.7 Å². The first-order valence-corrected chi connectivity index (χ1v) is 14.5. The van der Waals surface area contributed by atoms with Crippen LogP contribution in [0.1, 0.15) is 106 Å². The first kappa shape index (κ1) is 27.2. The summed E-state index contributed by atoms with van der Waals surface area (Å²) in [5.74, 6) is 5.68. The summed E-state index contributed by atoms with van der Waals surface area (Å²) >= 11 is 1.19. The molecule has 1 aromatic heterocycles. The number of carboxylic acids is 1. The van der Waals surface area contributed by atoms with E-state index < -0.39 is 5.97 Å². The molecule has 198 valence electrons. The van der Waals surface area contributed by atoms with Crippen molar-refractivity contribution in [3.63, 3.8) is 0 Å². The Balaban J connectivity index is 1.64. The number of hydrogen-bond donors (Lipinski definition) is 2. The number of anilines is 1. The van der Waals surface area contributed by atoms with E-state index >= 15 is 0 Å². The molecule has 6 nitrogen and oxygen atoms in total. The summed E-state index contributed by atoms with van der Waals surface area (Å²) in [7, 11) is 0. The highest BCUT2D eigenvalue weighted by molar-refractivity contribution is 7.15. The van der Waals surface area contributed by atoms with Crippen LogP contribution in [0.4, 0.5) is 5.69 Å². The topological polar surface area (TPSA) is 78.9 Å². The second-order valence-electron chi connectivity index (χ2n) is 11.9. The number of ether oxygens (including phenoxy) is 1. The summed E-state index contributed by atoms with van der Waals surface area (Å²) in [5.41, 5.74) is 0.00738. The molecule has 7 heteroatoms. The number of nitrogens with one attached hydrogen (secondary N) is 1. The van der Waals surface area contributed by atoms with Crippen molar-refractivity contribution in [3.8, 4) is 11.8 Å². The molecular formula is C29H42N2O4S. The molecule has 3 fully saturated rings. The van der Waals surface area contributed by atoms with Crippen molar-refractivity contribution in [3.05, 3.63) is 15.8 Å². The molecule has 0 bridgehead atoms. The number of amides is 1. The average Bonchev–Trinajstić information content (AvgIpc) is 3.48. The standard InChI is InChI=1S/C29H42N2O4S/c1-20(32)31(25-18-24(12-16-28(2,3)4)36-26(25)27(33)34)29(14-6-5-7-15-29)21-8-10-22(11-9-21)35-23-13-17-30-19-23/h18,21-23,30H,5-11,13-15,17,19H2,1-4H3,(H,33,34)/t21?,22?,23-/m1/s1. The third kappa shape index (κ3) is 6.15. The number of carbonyl (C=O) groups is 2. The molecule has 1 saturated heterocycles. The molecule has 0 unspecified atom stereocenters. The normalized spacial score (nSPS) is 26.2. The SMILES string of the molecule is CC(=O)N(c1cc(C#CC(C)(C)C)sc1C(=O)O)C1(C2CCC(O[C@@H]3CCNC3)CC2)CCCCC1. The number of rotatable bonds is 6. The molecule has 1 aromatic rings. The van der Waals surface area contributed by atoms with Crippen molar-refractivity contribution < 1.29 is 19.4 Å². The summed E-state index contributed by atoms with van der Waals surface area (Å²) in [6.45, 7) is 9.68. The van der Waals surface area contributed by atoms with E-state index in [0.717, 1.165) is 70.9 Å². The number of nitrogens with zero attached hydrogens (tertiary/aromatic N) is 1. The molecule has 1 amide bonds. The summed E-state index contributed by atoms with van der Waals surface area (Å²) < 4.78 is 6.39. The van der Waals surface area contributed by atoms with E-state index in [9.17, 15) is 14.7 Å². The Morgan fingerprint density at radius 1 is 1.11 bits per heavy atom. The predicted octanol–water partition coefficient (Wildman–Crippen LogP) is 5.84. The van der Waals surface area contributed by atoms with Crippen molar-refractivity contribution in [1.29, 1.82) is 0 Å². The molecule has 4 rings (SSSR count). The van der Waals surface area contributed by atoms with Gasteiger partial charge in [0, 0.05) is 18.9 Å². The molecule has 0 radical (unpaired) electrons. The Morgan fingerprint density at radius 3 is 2.36 bits per heavy atom. The third-order valence-corrected chi connectivity index (χ3v) is 9.05. The fraction of sp³-hybridized carbons (Fsp3) is 0.724. The Bertz CT molecular complexity index is 995. The third-order valence-electron chi connectivity index (χ3n) is 8.02. The monoisotopic (exact) mass is 514 g/mol. The van der Waals surface area contributed by atoms with E-state index in [0.29, 0.717) is 22.6 Å². The summed E-state index contributed by atoms with van der Waals surface area (Å²) in [6.07, 6.45) is 10.9. The van der Waals surface area contributed by atoms with Gasteiger partial charge in [-0.05, 0) is 84.2 Å². The van der Waals surface area contributed by atoms with Gasteiger partial charge in [-0.25, -0.2) is 4.79 Å². The largest absolute Gasteiger partial charge is 0.477 e. The van der Waals surface area contributed by atoms with Crippen LogP contribution in [-0.4, -0.2) is 47.8 Å². The zero-order chi connectivity index (χ0) is 25.9. The van der Waals surface area contributed by atoms with Gasteiger partial charge in [-0.15, -0.1) is 11.3 Å². The number of thiophene rings is 1. The first-order chi connectivity index (χ1) is 17.1. The smallest absolute Gasteiger partial charge is 0.348 e. The predicted molar refractivity (Wildman–Crippen MR) is 145 cm³/mol. The quantitative estimate of drug-likeness (QED) is 0.467. The lowest BCUT2D eigenvalue weighted by Crippen LogP contribution is -2.58. The molecule has 0 aromatic carbocycles. The molecule has 2 heterocycles. The van der Waals surface area contributed by atoms with Gasteiger partial charge in [-0.3, -0.25) is 4.79 Å². The Labute approximate surface area is 220 Å². The van der Waals surface area contributed by atoms with Crippen molar-refractivity contribution in [1.82, 2.24) is 5.32 Å². The van der Waals surface area contributed by atoms with Gasteiger partial charge in [0.05, 0.1) is 28.3 Å². The van der Waals surface area contributed by atoms with Gasteiger partial charge in [0.2, 0.25) is 5.91 Å². The van der Waals surface area contributed by atoms with E-state index in [2.05, 4.69) is 17.2 Å². The number of hydrogen-bond acceptors (Lipinski definition) is 5. The van der Waals surface area contributed by atoms with Gasteiger partial charge in [0.1, 0.15) is 4.88 Å². The summed E-state index contributed by atoms with van der Waals surface area (Å²) in [6, 6.07) is 1.85. The fourth-order valence-electron chi connectivity index (χ4n) is 6.47. The van der Waals surface area contributed by atoms with Gasteiger partial charge >= 0.3 is 5.97 Å². The Kier molecular flexibility index (Phi) is 8.49. The van der Waals surface area contributed by atoms with Crippen LogP contribution in [0.5, 0.6) is 0 Å². The molecular weight excluding hydrogens is 472 g/mol. The minimum absolute atomic E-state index is 0.0667. The second kappa shape index (κ2) is 11.2. The van der Waals surface area contributed by atoms with Crippen LogP contribution >= 0.6 is 11.3 Å². The fourth-order valence-corrected chi connectivity index (χ4v) is 7.30. The van der Waals surface area contributed by atoms with Gasteiger partial charge in [0.15, 0.2) is 0 Å². The zero-order valence-corrected chi connectivity index (χ0v) is 23.1. The summed E-state index contributed by atoms with van der Waals surface area (Å²) in [4.78, 5) is 28.5. The van der Waals surface area contributed by atoms with Crippen LogP contribution in [0, 0.1) is 23.2 Å². The van der Waals surface area contributed by atoms with Crippen LogP contribution in [0.2, 0.25) is 0 Å². The molecule has 2 N–H and O–H groups in total. The first-order valence-electron chi connectivity index (χ1n) is 13.7. The van der Waals surface area contributed by atoms with Crippen molar-refractivity contribution >= 4 is 28.9 Å². The Hall–Kier alpha value is -1.88. The molecule has 3 aliphatic rings. The van der Waals surface area contributed by atoms with E-state index in [1.165, 1.54) is 17.8 Å². The maximum Gasteiger partial charge on any atom is 0.348 e. The second-order valence-corrected chi connectivity index (χ2v) is 12.9. The van der Waals surface area contributed by atoms with Crippen molar-refractivity contribution in [2.24, 2.45) is 11.3 Å². The highest BCUT2D eigenvalue weighted by Crippen LogP contribution is 2.49. The molecule has 36 heavy (non-hydrogen) atoms. The van der Waals surface area contributed by atoms with Gasteiger partial charge in [-0.1, -0.05) is 31.1 Å². The Morgan fingerprint density at radius 2 is 1.81 bits per heavy atom. The number of aromatic carboxylic acids is 1. The average molecular weight is 515 g/mol. The number of carboxylic acid groups (broad SMARTS) is 1. The lowest BCUT2D eigenvalue weighted by Gasteiger charge is -2.52. The van der Waals surface area contributed by atoms with Crippen LogP contribution in [0.15, 0.2) is 6.07 Å². The van der Waals surface area contributed by atoms with Crippen molar-refractivity contribution in [2.45, 2.75) is 110 Å². The molecule has 2 aliphatic carbocycles. The highest BCUT2D eigenvalue weighted by atomic mass is 32.1. The molecule has 1 aliphatic heterocycles. The van der Waals surface area contributed by atoms with E-state index in [4.69, 9.17) is 4.74 Å². The van der Waals surface area contributed by atoms with Gasteiger partial charge in [0.25, 0.3) is 0 Å². The van der Waals surface area contributed by atoms with E-state index in [1.54, 1.807) is 6.92 Å². The lowest BCUT2D eigenvalue weighted by atomic mass is 9.66. The molecule has 0 spiro atoms. The maximum atomic E-state index is 13.4. The summed E-state index contributed by atoms with van der Waals surface area (Å²) in [5, 5.41) is 13.5. The molecule has 2 saturated carbocycles. The highest BCUT2D eigenvalue weighted by Gasteiger charge is 2.48. The zero-order valence-electron chi connectivity index (χ0n) is 22.3. The van der Waals surface area contributed by atoms with Gasteiger partial charge < -0.3 is 20.1 Å². The van der Waals surface area contributed by atoms with Crippen molar-refractivity contribution in [2.75, 3.05) is 18.0 Å². The lowest BCUT2D eigenvalue weighted by molar-refractivity contribution is -0.119. The minimum atomic E-state index is -0.988. The van der Waals surface area contributed by atoms with Crippen LogP contribution in [0.25, 0.3) is 0 Å². The number of carbonyl (C=O) groups excluding carboxylic acids is 1. The minimum Gasteiger partial charge on any atom is -0.477 e. The van der Waals surface area contributed by atoms with Crippen LogP contribution in [-0.2, 0) is 9.53 Å².